The molecule has 2 unspecified atom stereocenters. The number of thiophene rings is 1. The first-order valence-electron chi connectivity index (χ1n) is 8.86. The first kappa shape index (κ1) is 15.6. The Morgan fingerprint density at radius 1 is 1.10 bits per heavy atom. The standard InChI is InChI=1S/C19H31NS/c1-19(2,3)15-7-5-8-16(11-10-15)20-13-17-12-14-6-4-9-18(14)21-17/h12,15-16,20H,4-11,13H2,1-3H3. The molecule has 3 rings (SSSR count). The van der Waals surface area contributed by atoms with Crippen LogP contribution in [0.4, 0.5) is 0 Å². The molecule has 1 heterocycles. The lowest BCUT2D eigenvalue weighted by Gasteiger charge is -2.29. The van der Waals surface area contributed by atoms with Crippen molar-refractivity contribution in [3.8, 4) is 0 Å². The third kappa shape index (κ3) is 3.90. The average molecular weight is 306 g/mol. The van der Waals surface area contributed by atoms with Crippen LogP contribution in [0.2, 0.25) is 0 Å². The quantitative estimate of drug-likeness (QED) is 0.745. The molecule has 118 valence electrons. The van der Waals surface area contributed by atoms with Gasteiger partial charge in [-0.25, -0.2) is 0 Å². The molecule has 1 aromatic heterocycles. The number of hydrogen-bond acceptors (Lipinski definition) is 2. The van der Waals surface area contributed by atoms with Crippen LogP contribution < -0.4 is 5.32 Å². The zero-order chi connectivity index (χ0) is 14.9. The van der Waals surface area contributed by atoms with Gasteiger partial charge < -0.3 is 5.32 Å². The fourth-order valence-corrected chi connectivity index (χ4v) is 5.31. The highest BCUT2D eigenvalue weighted by Crippen LogP contribution is 2.37. The van der Waals surface area contributed by atoms with Gasteiger partial charge in [-0.15, -0.1) is 11.3 Å². The van der Waals surface area contributed by atoms with Crippen LogP contribution in [0.25, 0.3) is 0 Å². The molecule has 0 amide bonds. The van der Waals surface area contributed by atoms with E-state index in [0.717, 1.165) is 18.5 Å². The summed E-state index contributed by atoms with van der Waals surface area (Å²) in [6.45, 7) is 8.35. The van der Waals surface area contributed by atoms with Crippen LogP contribution in [0.3, 0.4) is 0 Å². The Kier molecular flexibility index (Phi) is 4.75. The molecule has 0 spiro atoms. The Labute approximate surface area is 134 Å². The third-order valence-electron chi connectivity index (χ3n) is 5.56. The maximum Gasteiger partial charge on any atom is 0.0302 e. The molecule has 2 aliphatic rings. The lowest BCUT2D eigenvalue weighted by molar-refractivity contribution is 0.213. The molecule has 21 heavy (non-hydrogen) atoms. The normalized spacial score (nSPS) is 26.6. The molecule has 2 aliphatic carbocycles. The van der Waals surface area contributed by atoms with E-state index < -0.39 is 0 Å². The summed E-state index contributed by atoms with van der Waals surface area (Å²) in [5, 5.41) is 3.85. The molecule has 1 aromatic rings. The number of hydrogen-bond donors (Lipinski definition) is 1. The minimum atomic E-state index is 0.490. The molecule has 2 heteroatoms. The smallest absolute Gasteiger partial charge is 0.0302 e. The zero-order valence-electron chi connectivity index (χ0n) is 14.0. The van der Waals surface area contributed by atoms with Crippen LogP contribution in [0.5, 0.6) is 0 Å². The summed E-state index contributed by atoms with van der Waals surface area (Å²) in [6.07, 6.45) is 11.0. The Balaban J connectivity index is 1.49. The molecule has 1 N–H and O–H groups in total. The monoisotopic (exact) mass is 305 g/mol. The second-order valence-electron chi connectivity index (χ2n) is 8.16. The van der Waals surface area contributed by atoms with Crippen LogP contribution in [0.1, 0.15) is 74.6 Å². The molecule has 1 fully saturated rings. The van der Waals surface area contributed by atoms with Crippen molar-refractivity contribution < 1.29 is 0 Å². The fraction of sp³-hybridized carbons (Fsp3) is 0.789. The molecule has 2 atom stereocenters. The van der Waals surface area contributed by atoms with Gasteiger partial charge in [0.25, 0.3) is 0 Å². The summed E-state index contributed by atoms with van der Waals surface area (Å²) < 4.78 is 0. The lowest BCUT2D eigenvalue weighted by atomic mass is 9.76. The Hall–Kier alpha value is -0.340. The van der Waals surface area contributed by atoms with Gasteiger partial charge in [0.05, 0.1) is 0 Å². The van der Waals surface area contributed by atoms with Gasteiger partial charge in [0.15, 0.2) is 0 Å². The first-order chi connectivity index (χ1) is 10.0. The van der Waals surface area contributed by atoms with Crippen molar-refractivity contribution in [2.24, 2.45) is 11.3 Å². The van der Waals surface area contributed by atoms with Gasteiger partial charge in [-0.05, 0) is 67.9 Å². The lowest BCUT2D eigenvalue weighted by Crippen LogP contribution is -2.28. The van der Waals surface area contributed by atoms with Crippen molar-refractivity contribution in [3.63, 3.8) is 0 Å². The molecular weight excluding hydrogens is 274 g/mol. The SMILES string of the molecule is CC(C)(C)C1CCCC(NCc2cc3c(s2)CCC3)CC1. The molecule has 0 radical (unpaired) electrons. The Bertz CT molecular complexity index is 447. The van der Waals surface area contributed by atoms with Crippen LogP contribution in [-0.4, -0.2) is 6.04 Å². The van der Waals surface area contributed by atoms with Gasteiger partial charge >= 0.3 is 0 Å². The molecule has 1 nitrogen and oxygen atoms in total. The minimum absolute atomic E-state index is 0.490. The second-order valence-corrected chi connectivity index (χ2v) is 9.39. The number of rotatable bonds is 3. The Morgan fingerprint density at radius 2 is 1.95 bits per heavy atom. The largest absolute Gasteiger partial charge is 0.309 e. The molecule has 0 aliphatic heterocycles. The number of aryl methyl sites for hydroxylation is 2. The van der Waals surface area contributed by atoms with Crippen molar-refractivity contribution in [3.05, 3.63) is 21.4 Å². The zero-order valence-corrected chi connectivity index (χ0v) is 14.8. The van der Waals surface area contributed by atoms with Crippen molar-refractivity contribution in [1.82, 2.24) is 5.32 Å². The van der Waals surface area contributed by atoms with Gasteiger partial charge in [0.1, 0.15) is 0 Å². The summed E-state index contributed by atoms with van der Waals surface area (Å²) >= 11 is 2.06. The summed E-state index contributed by atoms with van der Waals surface area (Å²) in [7, 11) is 0. The predicted octanol–water partition coefficient (Wildman–Crippen LogP) is 5.32. The highest BCUT2D eigenvalue weighted by atomic mass is 32.1. The molecular formula is C19H31NS. The van der Waals surface area contributed by atoms with E-state index in [0.29, 0.717) is 5.41 Å². The summed E-state index contributed by atoms with van der Waals surface area (Å²) in [4.78, 5) is 3.23. The van der Waals surface area contributed by atoms with Gasteiger partial charge in [0.2, 0.25) is 0 Å². The van der Waals surface area contributed by atoms with Crippen LogP contribution in [-0.2, 0) is 19.4 Å². The summed E-state index contributed by atoms with van der Waals surface area (Å²) in [5.74, 6) is 0.912. The van der Waals surface area contributed by atoms with Gasteiger partial charge in [-0.2, -0.15) is 0 Å². The van der Waals surface area contributed by atoms with Crippen LogP contribution in [0.15, 0.2) is 6.07 Å². The highest BCUT2D eigenvalue weighted by molar-refractivity contribution is 7.12. The third-order valence-corrected chi connectivity index (χ3v) is 6.79. The van der Waals surface area contributed by atoms with Gasteiger partial charge in [-0.1, -0.05) is 27.2 Å². The van der Waals surface area contributed by atoms with E-state index in [1.807, 2.05) is 0 Å². The van der Waals surface area contributed by atoms with E-state index in [1.54, 1.807) is 15.3 Å². The molecule has 1 saturated carbocycles. The fourth-order valence-electron chi connectivity index (χ4n) is 4.09. The molecule has 0 bridgehead atoms. The maximum atomic E-state index is 3.85. The van der Waals surface area contributed by atoms with E-state index in [1.165, 1.54) is 51.4 Å². The first-order valence-corrected chi connectivity index (χ1v) is 9.68. The molecule has 0 aromatic carbocycles. The summed E-state index contributed by atoms with van der Waals surface area (Å²) in [5.41, 5.74) is 2.13. The van der Waals surface area contributed by atoms with Crippen molar-refractivity contribution in [1.29, 1.82) is 0 Å². The topological polar surface area (TPSA) is 12.0 Å². The number of nitrogens with one attached hydrogen (secondary N) is 1. The average Bonchev–Trinajstić information content (AvgIpc) is 2.89. The minimum Gasteiger partial charge on any atom is -0.309 e. The highest BCUT2D eigenvalue weighted by Gasteiger charge is 2.27. The Morgan fingerprint density at radius 3 is 2.71 bits per heavy atom. The van der Waals surface area contributed by atoms with E-state index in [4.69, 9.17) is 0 Å². The van der Waals surface area contributed by atoms with E-state index in [-0.39, 0.29) is 0 Å². The van der Waals surface area contributed by atoms with E-state index in [9.17, 15) is 0 Å². The van der Waals surface area contributed by atoms with Crippen LogP contribution in [0, 0.1) is 11.3 Å². The van der Waals surface area contributed by atoms with E-state index >= 15 is 0 Å². The predicted molar refractivity (Wildman–Crippen MR) is 93.0 cm³/mol. The second kappa shape index (κ2) is 6.42. The molecule has 0 saturated heterocycles. The van der Waals surface area contributed by atoms with Crippen LogP contribution >= 0.6 is 11.3 Å². The van der Waals surface area contributed by atoms with Crippen molar-refractivity contribution in [2.75, 3.05) is 0 Å². The number of fused-ring (bicyclic) bond motifs is 1. The summed E-state index contributed by atoms with van der Waals surface area (Å²) in [6, 6.07) is 3.21. The van der Waals surface area contributed by atoms with E-state index in [2.05, 4.69) is 43.5 Å². The van der Waals surface area contributed by atoms with Crippen molar-refractivity contribution in [2.45, 2.75) is 84.7 Å². The van der Waals surface area contributed by atoms with Crippen molar-refractivity contribution >= 4 is 11.3 Å². The van der Waals surface area contributed by atoms with Gasteiger partial charge in [0, 0.05) is 22.3 Å². The van der Waals surface area contributed by atoms with Gasteiger partial charge in [-0.3, -0.25) is 0 Å². The maximum absolute atomic E-state index is 3.85.